The number of ether oxygens (including phenoxy) is 1. The summed E-state index contributed by atoms with van der Waals surface area (Å²) in [7, 11) is 0. The van der Waals surface area contributed by atoms with Crippen LogP contribution in [0.25, 0.3) is 0 Å². The van der Waals surface area contributed by atoms with Gasteiger partial charge < -0.3 is 10.1 Å². The van der Waals surface area contributed by atoms with Gasteiger partial charge in [0, 0.05) is 18.0 Å². The van der Waals surface area contributed by atoms with E-state index in [1.54, 1.807) is 0 Å². The zero-order valence-corrected chi connectivity index (χ0v) is 12.5. The molecule has 1 N–H and O–H groups in total. The highest BCUT2D eigenvalue weighted by molar-refractivity contribution is 6.43. The maximum atomic E-state index is 6.25. The molecule has 0 radical (unpaired) electrons. The van der Waals surface area contributed by atoms with Crippen molar-refractivity contribution in [3.63, 3.8) is 0 Å². The number of hydrogen-bond acceptors (Lipinski definition) is 2. The van der Waals surface area contributed by atoms with Gasteiger partial charge in [0.25, 0.3) is 0 Å². The molecular formula is C14H19Cl2NO. The molecule has 4 heteroatoms. The van der Waals surface area contributed by atoms with Crippen LogP contribution in [-0.4, -0.2) is 12.1 Å². The summed E-state index contributed by atoms with van der Waals surface area (Å²) in [6.07, 6.45) is 2.03. The van der Waals surface area contributed by atoms with Crippen molar-refractivity contribution in [2.24, 2.45) is 0 Å². The Morgan fingerprint density at radius 3 is 2.78 bits per heavy atom. The molecule has 0 saturated carbocycles. The monoisotopic (exact) mass is 287 g/mol. The third-order valence-electron chi connectivity index (χ3n) is 3.17. The molecule has 1 aromatic rings. The molecule has 0 fully saturated rings. The summed E-state index contributed by atoms with van der Waals surface area (Å²) in [4.78, 5) is 0. The highest BCUT2D eigenvalue weighted by Crippen LogP contribution is 2.45. The van der Waals surface area contributed by atoms with Crippen LogP contribution in [0.5, 0.6) is 5.75 Å². The van der Waals surface area contributed by atoms with Crippen molar-refractivity contribution in [2.45, 2.75) is 45.3 Å². The number of halogens is 2. The van der Waals surface area contributed by atoms with E-state index in [1.165, 1.54) is 0 Å². The van der Waals surface area contributed by atoms with Gasteiger partial charge in [-0.1, -0.05) is 36.2 Å². The van der Waals surface area contributed by atoms with Crippen LogP contribution < -0.4 is 10.1 Å². The van der Waals surface area contributed by atoms with Gasteiger partial charge in [0.15, 0.2) is 0 Å². The number of fused-ring (bicyclic) bond motifs is 1. The molecule has 0 bridgehead atoms. The second-order valence-electron chi connectivity index (χ2n) is 5.35. The Morgan fingerprint density at radius 2 is 2.11 bits per heavy atom. The minimum absolute atomic E-state index is 0.229. The Labute approximate surface area is 119 Å². The Hall–Kier alpha value is -0.440. The fourth-order valence-corrected chi connectivity index (χ4v) is 2.70. The van der Waals surface area contributed by atoms with E-state index in [1.807, 2.05) is 12.1 Å². The smallest absolute Gasteiger partial charge is 0.145 e. The Balaban J connectivity index is 2.40. The summed E-state index contributed by atoms with van der Waals surface area (Å²) in [6, 6.07) is 4.12. The van der Waals surface area contributed by atoms with Gasteiger partial charge >= 0.3 is 0 Å². The van der Waals surface area contributed by atoms with Crippen molar-refractivity contribution in [1.29, 1.82) is 0 Å². The van der Waals surface area contributed by atoms with E-state index in [4.69, 9.17) is 27.9 Å². The van der Waals surface area contributed by atoms with E-state index in [2.05, 4.69) is 26.1 Å². The van der Waals surface area contributed by atoms with Crippen molar-refractivity contribution < 1.29 is 4.74 Å². The second kappa shape index (κ2) is 5.28. The van der Waals surface area contributed by atoms with Gasteiger partial charge in [-0.2, -0.15) is 0 Å². The average molecular weight is 288 g/mol. The van der Waals surface area contributed by atoms with Crippen LogP contribution in [-0.2, 0) is 0 Å². The van der Waals surface area contributed by atoms with E-state index in [0.717, 1.165) is 30.7 Å². The van der Waals surface area contributed by atoms with Crippen LogP contribution in [0.4, 0.5) is 0 Å². The van der Waals surface area contributed by atoms with E-state index < -0.39 is 0 Å². The van der Waals surface area contributed by atoms with Crippen LogP contribution >= 0.6 is 23.2 Å². The van der Waals surface area contributed by atoms with Crippen LogP contribution in [0.15, 0.2) is 12.1 Å². The van der Waals surface area contributed by atoms with Gasteiger partial charge in [-0.3, -0.25) is 0 Å². The van der Waals surface area contributed by atoms with Crippen molar-refractivity contribution in [3.05, 3.63) is 27.7 Å². The topological polar surface area (TPSA) is 21.3 Å². The van der Waals surface area contributed by atoms with Crippen LogP contribution in [0.2, 0.25) is 10.0 Å². The summed E-state index contributed by atoms with van der Waals surface area (Å²) in [6.45, 7) is 7.30. The SMILES string of the molecule is CCCNC1CC(C)(C)Oc2c1ccc(Cl)c2Cl. The Bertz CT molecular complexity index is 446. The lowest BCUT2D eigenvalue weighted by Crippen LogP contribution is -2.39. The lowest BCUT2D eigenvalue weighted by atomic mass is 9.89. The predicted molar refractivity (Wildman–Crippen MR) is 76.8 cm³/mol. The Kier molecular flexibility index (Phi) is 4.10. The molecule has 1 aliphatic rings. The second-order valence-corrected chi connectivity index (χ2v) is 6.14. The molecule has 1 heterocycles. The van der Waals surface area contributed by atoms with Crippen molar-refractivity contribution >= 4 is 23.2 Å². The molecule has 0 saturated heterocycles. The number of rotatable bonds is 3. The normalized spacial score (nSPS) is 21.3. The zero-order valence-electron chi connectivity index (χ0n) is 11.0. The lowest BCUT2D eigenvalue weighted by molar-refractivity contribution is 0.0663. The van der Waals surface area contributed by atoms with Crippen molar-refractivity contribution in [2.75, 3.05) is 6.54 Å². The number of hydrogen-bond donors (Lipinski definition) is 1. The largest absolute Gasteiger partial charge is 0.486 e. The molecule has 100 valence electrons. The fourth-order valence-electron chi connectivity index (χ4n) is 2.35. The van der Waals surface area contributed by atoms with Gasteiger partial charge in [-0.05, 0) is 32.9 Å². The molecule has 1 aromatic carbocycles. The van der Waals surface area contributed by atoms with E-state index >= 15 is 0 Å². The standard InChI is InChI=1S/C14H19Cl2NO/c1-4-7-17-11-8-14(2,3)18-13-9(11)5-6-10(15)12(13)16/h5-6,11,17H,4,7-8H2,1-3H3. The average Bonchev–Trinajstić information content (AvgIpc) is 2.30. The Morgan fingerprint density at radius 1 is 1.39 bits per heavy atom. The molecule has 2 nitrogen and oxygen atoms in total. The molecule has 2 rings (SSSR count). The van der Waals surface area contributed by atoms with Gasteiger partial charge in [-0.15, -0.1) is 0 Å². The van der Waals surface area contributed by atoms with Crippen LogP contribution in [0, 0.1) is 0 Å². The fraction of sp³-hybridized carbons (Fsp3) is 0.571. The third kappa shape index (κ3) is 2.76. The van der Waals surface area contributed by atoms with Gasteiger partial charge in [-0.25, -0.2) is 0 Å². The molecular weight excluding hydrogens is 269 g/mol. The van der Waals surface area contributed by atoms with Gasteiger partial charge in [0.1, 0.15) is 16.4 Å². The predicted octanol–water partition coefficient (Wildman–Crippen LogP) is 4.60. The van der Waals surface area contributed by atoms with Crippen molar-refractivity contribution in [3.8, 4) is 5.75 Å². The molecule has 0 spiro atoms. The minimum atomic E-state index is -0.229. The summed E-state index contributed by atoms with van der Waals surface area (Å²) in [5.41, 5.74) is 0.879. The molecule has 0 amide bonds. The van der Waals surface area contributed by atoms with Gasteiger partial charge in [0.05, 0.1) is 5.02 Å². The number of nitrogens with one attached hydrogen (secondary N) is 1. The molecule has 18 heavy (non-hydrogen) atoms. The summed E-state index contributed by atoms with van der Waals surface area (Å²) in [5.74, 6) is 0.731. The van der Waals surface area contributed by atoms with E-state index in [0.29, 0.717) is 10.0 Å². The van der Waals surface area contributed by atoms with E-state index in [-0.39, 0.29) is 11.6 Å². The maximum Gasteiger partial charge on any atom is 0.145 e. The maximum absolute atomic E-state index is 6.25. The van der Waals surface area contributed by atoms with Crippen molar-refractivity contribution in [1.82, 2.24) is 5.32 Å². The van der Waals surface area contributed by atoms with Gasteiger partial charge in [0.2, 0.25) is 0 Å². The van der Waals surface area contributed by atoms with E-state index in [9.17, 15) is 0 Å². The molecule has 0 aromatic heterocycles. The summed E-state index contributed by atoms with van der Waals surface area (Å²) < 4.78 is 5.98. The minimum Gasteiger partial charge on any atom is -0.486 e. The first-order valence-electron chi connectivity index (χ1n) is 6.35. The lowest BCUT2D eigenvalue weighted by Gasteiger charge is -2.38. The number of benzene rings is 1. The highest BCUT2D eigenvalue weighted by Gasteiger charge is 2.35. The first-order valence-corrected chi connectivity index (χ1v) is 7.10. The highest BCUT2D eigenvalue weighted by atomic mass is 35.5. The molecule has 0 aliphatic carbocycles. The first kappa shape index (κ1) is 14.0. The zero-order chi connectivity index (χ0) is 13.3. The summed E-state index contributed by atoms with van der Waals surface area (Å²) in [5, 5.41) is 4.61. The third-order valence-corrected chi connectivity index (χ3v) is 3.96. The first-order chi connectivity index (χ1) is 8.44. The summed E-state index contributed by atoms with van der Waals surface area (Å²) >= 11 is 12.3. The van der Waals surface area contributed by atoms with Crippen LogP contribution in [0.3, 0.4) is 0 Å². The molecule has 1 atom stereocenters. The molecule has 1 aliphatic heterocycles. The quantitative estimate of drug-likeness (QED) is 0.878. The van der Waals surface area contributed by atoms with Crippen LogP contribution in [0.1, 0.15) is 45.2 Å². The molecule has 1 unspecified atom stereocenters.